The maximum atomic E-state index is 10.0. The van der Waals surface area contributed by atoms with Crippen LogP contribution >= 0.6 is 0 Å². The van der Waals surface area contributed by atoms with Crippen LogP contribution in [0.15, 0.2) is 42.7 Å². The number of benzene rings is 1. The Morgan fingerprint density at radius 3 is 2.91 bits per heavy atom. The number of hydrogen-bond acceptors (Lipinski definition) is 5. The predicted octanol–water partition coefficient (Wildman–Crippen LogP) is 2.33. The quantitative estimate of drug-likeness (QED) is 0.691. The number of aliphatic hydroxyl groups is 1. The lowest BCUT2D eigenvalue weighted by Crippen LogP contribution is -2.28. The second kappa shape index (κ2) is 5.55. The molecule has 2 heterocycles. The highest BCUT2D eigenvalue weighted by Crippen LogP contribution is 2.30. The number of nitrogen functional groups attached to an aromatic ring is 1. The Morgan fingerprint density at radius 2 is 2.17 bits per heavy atom. The molecule has 1 aliphatic rings. The van der Waals surface area contributed by atoms with Crippen LogP contribution in [-0.2, 0) is 0 Å². The van der Waals surface area contributed by atoms with Crippen molar-refractivity contribution in [1.29, 1.82) is 0 Å². The van der Waals surface area contributed by atoms with Crippen molar-refractivity contribution >= 4 is 22.4 Å². The molecule has 0 saturated heterocycles. The average molecular weight is 309 g/mol. The van der Waals surface area contributed by atoms with E-state index in [1.54, 1.807) is 10.9 Å². The van der Waals surface area contributed by atoms with Gasteiger partial charge in [-0.2, -0.15) is 5.10 Å². The van der Waals surface area contributed by atoms with Gasteiger partial charge in [0.15, 0.2) is 0 Å². The zero-order valence-electron chi connectivity index (χ0n) is 12.7. The smallest absolute Gasteiger partial charge is 0.126 e. The molecular weight excluding hydrogens is 290 g/mol. The molecule has 0 amide bonds. The van der Waals surface area contributed by atoms with E-state index in [0.29, 0.717) is 5.82 Å². The fraction of sp³-hybridized carbons (Fsp3) is 0.294. The van der Waals surface area contributed by atoms with Crippen LogP contribution in [0, 0.1) is 0 Å². The number of rotatable bonds is 3. The van der Waals surface area contributed by atoms with Crippen molar-refractivity contribution in [3.8, 4) is 5.69 Å². The molecule has 0 unspecified atom stereocenters. The van der Waals surface area contributed by atoms with E-state index in [2.05, 4.69) is 15.4 Å². The minimum Gasteiger partial charge on any atom is -0.391 e. The summed E-state index contributed by atoms with van der Waals surface area (Å²) in [4.78, 5) is 4.43. The van der Waals surface area contributed by atoms with Gasteiger partial charge in [0.05, 0.1) is 23.3 Å². The number of nitrogens with two attached hydrogens (primary N) is 1. The van der Waals surface area contributed by atoms with Gasteiger partial charge in [-0.05, 0) is 43.5 Å². The molecule has 2 atom stereocenters. The number of aliphatic hydroxyl groups excluding tert-OH is 1. The van der Waals surface area contributed by atoms with E-state index in [-0.39, 0.29) is 12.1 Å². The third kappa shape index (κ3) is 2.61. The van der Waals surface area contributed by atoms with Gasteiger partial charge < -0.3 is 16.2 Å². The fourth-order valence-electron chi connectivity index (χ4n) is 3.23. The molecular formula is C17H19N5O. The van der Waals surface area contributed by atoms with Gasteiger partial charge in [-0.25, -0.2) is 9.67 Å². The maximum Gasteiger partial charge on any atom is 0.126 e. The number of fused-ring (bicyclic) bond motifs is 1. The van der Waals surface area contributed by atoms with Crippen molar-refractivity contribution in [2.24, 2.45) is 0 Å². The van der Waals surface area contributed by atoms with Crippen LogP contribution in [0.3, 0.4) is 0 Å². The molecule has 0 aliphatic heterocycles. The lowest BCUT2D eigenvalue weighted by molar-refractivity contribution is 0.172. The molecule has 4 N–H and O–H groups in total. The van der Waals surface area contributed by atoms with Gasteiger partial charge in [0.2, 0.25) is 0 Å². The molecule has 118 valence electrons. The lowest BCUT2D eigenvalue weighted by Gasteiger charge is -2.19. The first-order valence-corrected chi connectivity index (χ1v) is 7.85. The van der Waals surface area contributed by atoms with Gasteiger partial charge >= 0.3 is 0 Å². The standard InChI is InChI=1S/C17H19N5O/c18-17-10-15(20-13-3-1-4-16(13)23)12-6-5-11(9-14(12)21-17)22-8-2-7-19-22/h2,5-10,13,16,23H,1,3-4H2,(H3,18,20,21)/t13-,16+/m1/s1. The van der Waals surface area contributed by atoms with Gasteiger partial charge in [0.1, 0.15) is 5.82 Å². The first-order valence-electron chi connectivity index (χ1n) is 7.85. The zero-order valence-corrected chi connectivity index (χ0v) is 12.7. The fourth-order valence-corrected chi connectivity index (χ4v) is 3.23. The average Bonchev–Trinajstić information content (AvgIpc) is 3.19. The Morgan fingerprint density at radius 1 is 1.26 bits per heavy atom. The summed E-state index contributed by atoms with van der Waals surface area (Å²) >= 11 is 0. The van der Waals surface area contributed by atoms with Crippen LogP contribution in [0.25, 0.3) is 16.6 Å². The van der Waals surface area contributed by atoms with Crippen LogP contribution in [0.5, 0.6) is 0 Å². The molecule has 0 bridgehead atoms. The summed E-state index contributed by atoms with van der Waals surface area (Å²) in [5.74, 6) is 0.463. The molecule has 1 saturated carbocycles. The molecule has 1 aromatic carbocycles. The molecule has 4 rings (SSSR count). The minimum absolute atomic E-state index is 0.0748. The Balaban J connectivity index is 1.76. The number of nitrogens with zero attached hydrogens (tertiary/aromatic N) is 3. The SMILES string of the molecule is Nc1cc(N[C@@H]2CCC[C@@H]2O)c2ccc(-n3cccn3)cc2n1. The van der Waals surface area contributed by atoms with Gasteiger partial charge in [0, 0.05) is 29.5 Å². The van der Waals surface area contributed by atoms with Gasteiger partial charge in [-0.15, -0.1) is 0 Å². The molecule has 6 heteroatoms. The van der Waals surface area contributed by atoms with Crippen molar-refractivity contribution in [3.63, 3.8) is 0 Å². The first-order chi connectivity index (χ1) is 11.2. The molecule has 1 aliphatic carbocycles. The van der Waals surface area contributed by atoms with Gasteiger partial charge in [-0.1, -0.05) is 0 Å². The van der Waals surface area contributed by atoms with Crippen LogP contribution in [-0.4, -0.2) is 32.0 Å². The van der Waals surface area contributed by atoms with E-state index >= 15 is 0 Å². The zero-order chi connectivity index (χ0) is 15.8. The predicted molar refractivity (Wildman–Crippen MR) is 90.5 cm³/mol. The van der Waals surface area contributed by atoms with Crippen molar-refractivity contribution < 1.29 is 5.11 Å². The summed E-state index contributed by atoms with van der Waals surface area (Å²) in [6.45, 7) is 0. The van der Waals surface area contributed by atoms with Crippen LogP contribution < -0.4 is 11.1 Å². The lowest BCUT2D eigenvalue weighted by atomic mass is 10.1. The molecule has 2 aromatic heterocycles. The Kier molecular flexibility index (Phi) is 3.38. The van der Waals surface area contributed by atoms with E-state index in [4.69, 9.17) is 5.73 Å². The number of aromatic nitrogens is 3. The number of pyridine rings is 1. The van der Waals surface area contributed by atoms with Gasteiger partial charge in [0.25, 0.3) is 0 Å². The molecule has 3 aromatic rings. The number of anilines is 2. The Labute approximate surface area is 133 Å². The van der Waals surface area contributed by atoms with Crippen LogP contribution in [0.4, 0.5) is 11.5 Å². The summed E-state index contributed by atoms with van der Waals surface area (Å²) in [7, 11) is 0. The monoisotopic (exact) mass is 309 g/mol. The van der Waals surface area contributed by atoms with Crippen molar-refractivity contribution in [1.82, 2.24) is 14.8 Å². The van der Waals surface area contributed by atoms with Crippen molar-refractivity contribution in [2.45, 2.75) is 31.4 Å². The van der Waals surface area contributed by atoms with E-state index in [1.165, 1.54) is 0 Å². The Hall–Kier alpha value is -2.60. The minimum atomic E-state index is -0.303. The topological polar surface area (TPSA) is 89.0 Å². The summed E-state index contributed by atoms with van der Waals surface area (Å²) in [6.07, 6.45) is 6.19. The highest BCUT2D eigenvalue weighted by atomic mass is 16.3. The van der Waals surface area contributed by atoms with Gasteiger partial charge in [-0.3, -0.25) is 0 Å². The third-order valence-electron chi connectivity index (χ3n) is 4.40. The summed E-state index contributed by atoms with van der Waals surface area (Å²) < 4.78 is 1.79. The molecule has 0 radical (unpaired) electrons. The molecule has 0 spiro atoms. The molecule has 23 heavy (non-hydrogen) atoms. The van der Waals surface area contributed by atoms with E-state index in [0.717, 1.165) is 41.5 Å². The highest BCUT2D eigenvalue weighted by molar-refractivity contribution is 5.94. The maximum absolute atomic E-state index is 10.0. The van der Waals surface area contributed by atoms with E-state index in [9.17, 15) is 5.11 Å². The number of hydrogen-bond donors (Lipinski definition) is 3. The highest BCUT2D eigenvalue weighted by Gasteiger charge is 2.25. The Bertz CT molecular complexity index is 830. The largest absolute Gasteiger partial charge is 0.391 e. The second-order valence-electron chi connectivity index (χ2n) is 6.00. The normalized spacial score (nSPS) is 20.9. The summed E-state index contributed by atoms with van der Waals surface area (Å²) in [5, 5.41) is 18.7. The van der Waals surface area contributed by atoms with E-state index < -0.39 is 0 Å². The summed E-state index contributed by atoms with van der Waals surface area (Å²) in [5.41, 5.74) is 8.64. The summed E-state index contributed by atoms with van der Waals surface area (Å²) in [6, 6.07) is 9.78. The second-order valence-corrected chi connectivity index (χ2v) is 6.00. The first kappa shape index (κ1) is 14.0. The van der Waals surface area contributed by atoms with E-state index in [1.807, 2.05) is 36.5 Å². The number of nitrogens with one attached hydrogen (secondary N) is 1. The van der Waals surface area contributed by atoms with Crippen molar-refractivity contribution in [2.75, 3.05) is 11.1 Å². The van der Waals surface area contributed by atoms with Crippen LogP contribution in [0.2, 0.25) is 0 Å². The third-order valence-corrected chi connectivity index (χ3v) is 4.40. The van der Waals surface area contributed by atoms with Crippen molar-refractivity contribution in [3.05, 3.63) is 42.7 Å². The molecule has 1 fully saturated rings. The molecule has 6 nitrogen and oxygen atoms in total. The van der Waals surface area contributed by atoms with Crippen LogP contribution in [0.1, 0.15) is 19.3 Å².